The van der Waals surface area contributed by atoms with E-state index in [0.717, 1.165) is 5.56 Å². The van der Waals surface area contributed by atoms with Gasteiger partial charge in [0.05, 0.1) is 16.6 Å². The minimum atomic E-state index is -1.32. The second-order valence-electron chi connectivity index (χ2n) is 8.59. The molecule has 1 unspecified atom stereocenters. The van der Waals surface area contributed by atoms with Gasteiger partial charge in [0.25, 0.3) is 0 Å². The van der Waals surface area contributed by atoms with Crippen molar-refractivity contribution in [2.24, 2.45) is 0 Å². The molecule has 1 aliphatic heterocycles. The Balaban J connectivity index is 1.37. The van der Waals surface area contributed by atoms with Crippen LogP contribution in [0.2, 0.25) is 0 Å². The summed E-state index contributed by atoms with van der Waals surface area (Å²) < 4.78 is 0. The minimum Gasteiger partial charge on any atom is -0.397 e. The van der Waals surface area contributed by atoms with Crippen LogP contribution in [0.25, 0.3) is 0 Å². The Morgan fingerprint density at radius 1 is 0.816 bits per heavy atom. The summed E-state index contributed by atoms with van der Waals surface area (Å²) in [6.45, 7) is 0. The fraction of sp³-hybridized carbons (Fsp3) is 0.107. The first-order chi connectivity index (χ1) is 18.5. The predicted octanol–water partition coefficient (Wildman–Crippen LogP) is 4.08. The molecule has 0 saturated carbocycles. The maximum atomic E-state index is 13.3. The van der Waals surface area contributed by atoms with Gasteiger partial charge in [0, 0.05) is 23.1 Å². The summed E-state index contributed by atoms with van der Waals surface area (Å²) in [6, 6.07) is 24.7. The molecule has 0 aliphatic carbocycles. The lowest BCUT2D eigenvalue weighted by atomic mass is 10.1. The van der Waals surface area contributed by atoms with E-state index in [1.54, 1.807) is 79.0 Å². The molecule has 2 heterocycles. The van der Waals surface area contributed by atoms with Crippen molar-refractivity contribution >= 4 is 52.2 Å². The van der Waals surface area contributed by atoms with Crippen molar-refractivity contribution in [1.82, 2.24) is 9.97 Å². The van der Waals surface area contributed by atoms with Crippen LogP contribution in [-0.4, -0.2) is 32.9 Å². The second-order valence-corrected chi connectivity index (χ2v) is 9.78. The Hall–Kier alpha value is -4.70. The monoisotopic (exact) mass is 524 g/mol. The van der Waals surface area contributed by atoms with Crippen molar-refractivity contribution in [1.29, 1.82) is 0 Å². The molecule has 9 nitrogen and oxygen atoms in total. The molecule has 38 heavy (non-hydrogen) atoms. The molecule has 1 atom stereocenters. The topological polar surface area (TPSA) is 139 Å². The van der Waals surface area contributed by atoms with Crippen molar-refractivity contribution in [3.8, 4) is 0 Å². The summed E-state index contributed by atoms with van der Waals surface area (Å²) in [7, 11) is 0. The summed E-state index contributed by atoms with van der Waals surface area (Å²) in [5.74, 6) is -2.62. The number of nitrogens with two attached hydrogens (primary N) is 1. The van der Waals surface area contributed by atoms with Crippen LogP contribution in [0.4, 0.5) is 22.7 Å². The molecular weight excluding hydrogens is 500 g/mol. The number of thioether (sulfide) groups is 1. The molecule has 5 N–H and O–H groups in total. The van der Waals surface area contributed by atoms with Crippen LogP contribution in [-0.2, 0) is 20.8 Å². The van der Waals surface area contributed by atoms with Crippen molar-refractivity contribution < 1.29 is 14.4 Å². The van der Waals surface area contributed by atoms with E-state index in [2.05, 4.69) is 25.9 Å². The molecule has 1 aliphatic rings. The van der Waals surface area contributed by atoms with Crippen molar-refractivity contribution in [2.75, 3.05) is 21.7 Å². The Bertz CT molecular complexity index is 1430. The largest absolute Gasteiger partial charge is 0.397 e. The van der Waals surface area contributed by atoms with E-state index in [0.29, 0.717) is 34.2 Å². The number of anilines is 4. The third-order valence-corrected chi connectivity index (χ3v) is 7.12. The molecule has 10 heteroatoms. The standard InChI is InChI=1S/C28H24N6O3S/c29-20-13-7-8-14-21(20)33-25(35)22-15-17-16-30-24(34-28(17)38-22)23(26(36)31-18-9-3-1-4-10-18)27(37)32-19-11-5-2-6-12-19/h1-14,16,22-23H,15,29H2,(H,31,36)(H,32,37)(H,33,35). The maximum Gasteiger partial charge on any atom is 0.244 e. The average Bonchev–Trinajstić information content (AvgIpc) is 3.35. The lowest BCUT2D eigenvalue weighted by Gasteiger charge is -2.16. The van der Waals surface area contributed by atoms with Crippen LogP contribution in [0.15, 0.2) is 96.2 Å². The van der Waals surface area contributed by atoms with E-state index in [1.807, 2.05) is 12.1 Å². The SMILES string of the molecule is Nc1ccccc1NC(=O)C1Cc2cnc(C(C(=O)Nc3ccccc3)C(=O)Nc3ccccc3)nc2S1. The number of benzene rings is 3. The van der Waals surface area contributed by atoms with E-state index in [1.165, 1.54) is 11.8 Å². The lowest BCUT2D eigenvalue weighted by Crippen LogP contribution is -2.33. The zero-order valence-corrected chi connectivity index (χ0v) is 20.9. The molecule has 190 valence electrons. The van der Waals surface area contributed by atoms with Gasteiger partial charge in [-0.2, -0.15) is 0 Å². The number of aromatic nitrogens is 2. The van der Waals surface area contributed by atoms with Crippen LogP contribution < -0.4 is 21.7 Å². The van der Waals surface area contributed by atoms with E-state index in [-0.39, 0.29) is 11.7 Å². The zero-order chi connectivity index (χ0) is 26.5. The van der Waals surface area contributed by atoms with Crippen LogP contribution in [0.5, 0.6) is 0 Å². The van der Waals surface area contributed by atoms with Gasteiger partial charge in [-0.05, 0) is 42.8 Å². The molecular formula is C28H24N6O3S. The van der Waals surface area contributed by atoms with E-state index in [4.69, 9.17) is 5.73 Å². The number of carbonyl (C=O) groups is 3. The van der Waals surface area contributed by atoms with Crippen LogP contribution >= 0.6 is 11.8 Å². The van der Waals surface area contributed by atoms with Gasteiger partial charge in [0.1, 0.15) is 5.03 Å². The predicted molar refractivity (Wildman–Crippen MR) is 148 cm³/mol. The van der Waals surface area contributed by atoms with Crippen LogP contribution in [0.1, 0.15) is 17.3 Å². The quantitative estimate of drug-likeness (QED) is 0.162. The highest BCUT2D eigenvalue weighted by Crippen LogP contribution is 2.37. The van der Waals surface area contributed by atoms with Gasteiger partial charge >= 0.3 is 0 Å². The number of para-hydroxylation sites is 4. The summed E-state index contributed by atoms with van der Waals surface area (Å²) in [6.07, 6.45) is 1.99. The maximum absolute atomic E-state index is 13.3. The van der Waals surface area contributed by atoms with Crippen LogP contribution in [0, 0.1) is 0 Å². The van der Waals surface area contributed by atoms with Gasteiger partial charge in [-0.25, -0.2) is 9.97 Å². The summed E-state index contributed by atoms with van der Waals surface area (Å²) in [5.41, 5.74) is 8.82. The number of hydrogen-bond donors (Lipinski definition) is 4. The van der Waals surface area contributed by atoms with Gasteiger partial charge in [0.2, 0.25) is 17.7 Å². The number of fused-ring (bicyclic) bond motifs is 1. The van der Waals surface area contributed by atoms with E-state index >= 15 is 0 Å². The third kappa shape index (κ3) is 5.65. The Kier molecular flexibility index (Phi) is 7.32. The number of hydrogen-bond acceptors (Lipinski definition) is 7. The fourth-order valence-corrected chi connectivity index (χ4v) is 5.09. The molecule has 1 aromatic heterocycles. The van der Waals surface area contributed by atoms with Crippen molar-refractivity contribution in [3.05, 3.63) is 103 Å². The summed E-state index contributed by atoms with van der Waals surface area (Å²) in [4.78, 5) is 48.5. The van der Waals surface area contributed by atoms with Crippen molar-refractivity contribution in [2.45, 2.75) is 22.6 Å². The molecule has 3 amide bonds. The van der Waals surface area contributed by atoms with E-state index in [9.17, 15) is 14.4 Å². The molecule has 0 bridgehead atoms. The first kappa shape index (κ1) is 25.0. The lowest BCUT2D eigenvalue weighted by molar-refractivity contribution is -0.126. The smallest absolute Gasteiger partial charge is 0.244 e. The highest BCUT2D eigenvalue weighted by Gasteiger charge is 2.35. The first-order valence-corrected chi connectivity index (χ1v) is 12.8. The number of nitrogens with zero attached hydrogens (tertiary/aromatic N) is 2. The Morgan fingerprint density at radius 2 is 1.39 bits per heavy atom. The number of amides is 3. The molecule has 0 saturated heterocycles. The molecule has 0 fully saturated rings. The second kappa shape index (κ2) is 11.1. The molecule has 0 radical (unpaired) electrons. The first-order valence-electron chi connectivity index (χ1n) is 11.9. The Labute approximate surface area is 223 Å². The molecule has 0 spiro atoms. The molecule has 5 rings (SSSR count). The number of nitrogen functional groups attached to an aromatic ring is 1. The average molecular weight is 525 g/mol. The third-order valence-electron chi connectivity index (χ3n) is 5.88. The van der Waals surface area contributed by atoms with E-state index < -0.39 is 23.0 Å². The fourth-order valence-electron chi connectivity index (χ4n) is 3.96. The number of carbonyl (C=O) groups excluding carboxylic acids is 3. The Morgan fingerprint density at radius 3 is 2.00 bits per heavy atom. The highest BCUT2D eigenvalue weighted by molar-refractivity contribution is 8.00. The zero-order valence-electron chi connectivity index (χ0n) is 20.1. The molecule has 4 aromatic rings. The summed E-state index contributed by atoms with van der Waals surface area (Å²) in [5, 5.41) is 8.50. The van der Waals surface area contributed by atoms with Crippen LogP contribution in [0.3, 0.4) is 0 Å². The minimum absolute atomic E-state index is 0.0477. The highest BCUT2D eigenvalue weighted by atomic mass is 32.2. The normalized spacial score (nSPS) is 14.0. The van der Waals surface area contributed by atoms with Gasteiger partial charge in [-0.1, -0.05) is 60.3 Å². The van der Waals surface area contributed by atoms with Gasteiger partial charge in [0.15, 0.2) is 11.7 Å². The van der Waals surface area contributed by atoms with Gasteiger partial charge in [-0.3, -0.25) is 14.4 Å². The number of nitrogens with one attached hydrogen (secondary N) is 3. The van der Waals surface area contributed by atoms with Crippen molar-refractivity contribution in [3.63, 3.8) is 0 Å². The van der Waals surface area contributed by atoms with Gasteiger partial charge < -0.3 is 21.7 Å². The molecule has 3 aromatic carbocycles. The summed E-state index contributed by atoms with van der Waals surface area (Å²) >= 11 is 1.26. The number of rotatable bonds is 7. The van der Waals surface area contributed by atoms with Gasteiger partial charge in [-0.15, -0.1) is 0 Å².